The summed E-state index contributed by atoms with van der Waals surface area (Å²) in [6, 6.07) is 0. The first-order valence-electron chi connectivity index (χ1n) is 4.78. The van der Waals surface area contributed by atoms with E-state index in [0.717, 1.165) is 26.2 Å². The average Bonchev–Trinajstić information content (AvgIpc) is 2.17. The fourth-order valence-electron chi connectivity index (χ4n) is 1.56. The highest BCUT2D eigenvalue weighted by Crippen LogP contribution is 2.08. The molecule has 3 nitrogen and oxygen atoms in total. The Morgan fingerprint density at radius 2 is 1.54 bits per heavy atom. The summed E-state index contributed by atoms with van der Waals surface area (Å²) in [5.41, 5.74) is 1.31. The van der Waals surface area contributed by atoms with Gasteiger partial charge in [0.25, 0.3) is 0 Å². The van der Waals surface area contributed by atoms with E-state index in [4.69, 9.17) is 0 Å². The summed E-state index contributed by atoms with van der Waals surface area (Å²) in [6.07, 6.45) is 2.11. The molecule has 0 aliphatic carbocycles. The summed E-state index contributed by atoms with van der Waals surface area (Å²) in [7, 11) is 0. The van der Waals surface area contributed by atoms with Crippen LogP contribution in [0, 0.1) is 0 Å². The standard InChI is InChI=1S/C10H18N2O/c1-4-9(2)11-5-7-12(8-6-11)10(3)13/h4H,5-8H2,1-3H3. The number of piperazine rings is 1. The molecule has 0 aromatic carbocycles. The molecule has 1 rings (SSSR count). The number of amides is 1. The molecule has 0 bridgehead atoms. The third-order valence-electron chi connectivity index (χ3n) is 2.64. The molecular formula is C10H18N2O. The highest BCUT2D eigenvalue weighted by Gasteiger charge is 2.17. The van der Waals surface area contributed by atoms with Crippen LogP contribution in [0.5, 0.6) is 0 Å². The number of carbonyl (C=O) groups is 1. The number of carbonyl (C=O) groups excluding carboxylic acids is 1. The van der Waals surface area contributed by atoms with Gasteiger partial charge in [0, 0.05) is 38.8 Å². The molecule has 1 fully saturated rings. The molecule has 0 saturated carbocycles. The van der Waals surface area contributed by atoms with Gasteiger partial charge in [0.05, 0.1) is 0 Å². The van der Waals surface area contributed by atoms with Gasteiger partial charge < -0.3 is 9.80 Å². The highest BCUT2D eigenvalue weighted by atomic mass is 16.2. The number of hydrogen-bond acceptors (Lipinski definition) is 2. The van der Waals surface area contributed by atoms with Gasteiger partial charge in [0.2, 0.25) is 5.91 Å². The number of nitrogens with zero attached hydrogens (tertiary/aromatic N) is 2. The fourth-order valence-corrected chi connectivity index (χ4v) is 1.56. The summed E-state index contributed by atoms with van der Waals surface area (Å²) in [5, 5.41) is 0. The Morgan fingerprint density at radius 1 is 1.08 bits per heavy atom. The van der Waals surface area contributed by atoms with E-state index < -0.39 is 0 Å². The SMILES string of the molecule is CC=C(C)N1CCN(C(C)=O)CC1. The molecule has 1 amide bonds. The Balaban J connectivity index is 2.43. The van der Waals surface area contributed by atoms with Crippen LogP contribution in [0.1, 0.15) is 20.8 Å². The van der Waals surface area contributed by atoms with E-state index in [1.807, 2.05) is 11.8 Å². The van der Waals surface area contributed by atoms with Crippen LogP contribution in [0.2, 0.25) is 0 Å². The molecule has 1 aliphatic rings. The number of allylic oxidation sites excluding steroid dienone is 2. The van der Waals surface area contributed by atoms with Crippen LogP contribution >= 0.6 is 0 Å². The Hall–Kier alpha value is -0.990. The molecule has 0 aromatic rings. The molecule has 74 valence electrons. The Kier molecular flexibility index (Phi) is 3.34. The fraction of sp³-hybridized carbons (Fsp3) is 0.700. The van der Waals surface area contributed by atoms with Gasteiger partial charge in [-0.2, -0.15) is 0 Å². The van der Waals surface area contributed by atoms with Crippen LogP contribution in [-0.4, -0.2) is 41.9 Å². The second kappa shape index (κ2) is 4.30. The van der Waals surface area contributed by atoms with Crippen LogP contribution < -0.4 is 0 Å². The van der Waals surface area contributed by atoms with Gasteiger partial charge in [-0.25, -0.2) is 0 Å². The third kappa shape index (κ3) is 2.47. The second-order valence-electron chi connectivity index (χ2n) is 3.42. The maximum absolute atomic E-state index is 11.0. The van der Waals surface area contributed by atoms with Crippen LogP contribution in [0.3, 0.4) is 0 Å². The molecule has 13 heavy (non-hydrogen) atoms. The summed E-state index contributed by atoms with van der Waals surface area (Å²) in [5.74, 6) is 0.192. The van der Waals surface area contributed by atoms with Gasteiger partial charge >= 0.3 is 0 Å². The van der Waals surface area contributed by atoms with Gasteiger partial charge in [-0.15, -0.1) is 0 Å². The molecule has 0 radical (unpaired) electrons. The van der Waals surface area contributed by atoms with Crippen molar-refractivity contribution in [2.45, 2.75) is 20.8 Å². The zero-order valence-corrected chi connectivity index (χ0v) is 8.71. The van der Waals surface area contributed by atoms with Gasteiger partial charge in [0.15, 0.2) is 0 Å². The van der Waals surface area contributed by atoms with E-state index in [9.17, 15) is 4.79 Å². The minimum atomic E-state index is 0.192. The monoisotopic (exact) mass is 182 g/mol. The van der Waals surface area contributed by atoms with Crippen molar-refractivity contribution in [3.05, 3.63) is 11.8 Å². The van der Waals surface area contributed by atoms with Crippen molar-refractivity contribution in [1.82, 2.24) is 9.80 Å². The maximum atomic E-state index is 11.0. The van der Waals surface area contributed by atoms with E-state index in [1.165, 1.54) is 5.70 Å². The smallest absolute Gasteiger partial charge is 0.219 e. The first-order chi connectivity index (χ1) is 6.15. The first-order valence-corrected chi connectivity index (χ1v) is 4.78. The predicted octanol–water partition coefficient (Wildman–Crippen LogP) is 1.07. The molecule has 1 aliphatic heterocycles. The number of hydrogen-bond donors (Lipinski definition) is 0. The van der Waals surface area contributed by atoms with E-state index >= 15 is 0 Å². The minimum absolute atomic E-state index is 0.192. The van der Waals surface area contributed by atoms with Crippen LogP contribution in [-0.2, 0) is 4.79 Å². The van der Waals surface area contributed by atoms with Crippen molar-refractivity contribution in [3.63, 3.8) is 0 Å². The molecule has 0 aromatic heterocycles. The molecule has 1 saturated heterocycles. The molecule has 0 unspecified atom stereocenters. The topological polar surface area (TPSA) is 23.6 Å². The third-order valence-corrected chi connectivity index (χ3v) is 2.64. The second-order valence-corrected chi connectivity index (χ2v) is 3.42. The van der Waals surface area contributed by atoms with Crippen LogP contribution in [0.4, 0.5) is 0 Å². The van der Waals surface area contributed by atoms with Crippen molar-refractivity contribution in [2.24, 2.45) is 0 Å². The zero-order valence-electron chi connectivity index (χ0n) is 8.71. The largest absolute Gasteiger partial charge is 0.372 e. The molecule has 0 N–H and O–H groups in total. The lowest BCUT2D eigenvalue weighted by atomic mass is 10.3. The maximum Gasteiger partial charge on any atom is 0.219 e. The quantitative estimate of drug-likeness (QED) is 0.605. The van der Waals surface area contributed by atoms with E-state index in [2.05, 4.69) is 17.9 Å². The summed E-state index contributed by atoms with van der Waals surface area (Å²) in [4.78, 5) is 15.3. The highest BCUT2D eigenvalue weighted by molar-refractivity contribution is 5.73. The van der Waals surface area contributed by atoms with E-state index in [0.29, 0.717) is 0 Å². The molecular weight excluding hydrogens is 164 g/mol. The first kappa shape index (κ1) is 10.1. The normalized spacial score (nSPS) is 19.2. The average molecular weight is 182 g/mol. The molecule has 0 spiro atoms. The van der Waals surface area contributed by atoms with Crippen molar-refractivity contribution in [3.8, 4) is 0 Å². The molecule has 0 atom stereocenters. The van der Waals surface area contributed by atoms with Crippen molar-refractivity contribution in [2.75, 3.05) is 26.2 Å². The van der Waals surface area contributed by atoms with E-state index in [-0.39, 0.29) is 5.91 Å². The lowest BCUT2D eigenvalue weighted by molar-refractivity contribution is -0.130. The Labute approximate surface area is 80.0 Å². The van der Waals surface area contributed by atoms with Crippen LogP contribution in [0.25, 0.3) is 0 Å². The predicted molar refractivity (Wildman–Crippen MR) is 53.3 cm³/mol. The summed E-state index contributed by atoms with van der Waals surface area (Å²) in [6.45, 7) is 9.46. The van der Waals surface area contributed by atoms with Gasteiger partial charge in [-0.3, -0.25) is 4.79 Å². The van der Waals surface area contributed by atoms with Gasteiger partial charge in [0.1, 0.15) is 0 Å². The molecule has 1 heterocycles. The Bertz CT molecular complexity index is 215. The Morgan fingerprint density at radius 3 is 1.92 bits per heavy atom. The molecule has 3 heteroatoms. The lowest BCUT2D eigenvalue weighted by Gasteiger charge is -2.36. The minimum Gasteiger partial charge on any atom is -0.372 e. The van der Waals surface area contributed by atoms with Crippen LogP contribution in [0.15, 0.2) is 11.8 Å². The van der Waals surface area contributed by atoms with Gasteiger partial charge in [-0.05, 0) is 13.8 Å². The van der Waals surface area contributed by atoms with Crippen molar-refractivity contribution in [1.29, 1.82) is 0 Å². The zero-order chi connectivity index (χ0) is 9.84. The lowest BCUT2D eigenvalue weighted by Crippen LogP contribution is -2.47. The van der Waals surface area contributed by atoms with Gasteiger partial charge in [-0.1, -0.05) is 6.08 Å². The van der Waals surface area contributed by atoms with Crippen molar-refractivity contribution >= 4 is 5.91 Å². The summed E-state index contributed by atoms with van der Waals surface area (Å²) >= 11 is 0. The number of rotatable bonds is 1. The summed E-state index contributed by atoms with van der Waals surface area (Å²) < 4.78 is 0. The van der Waals surface area contributed by atoms with Crippen molar-refractivity contribution < 1.29 is 4.79 Å². The van der Waals surface area contributed by atoms with E-state index in [1.54, 1.807) is 6.92 Å².